The molecule has 0 amide bonds. The van der Waals surface area contributed by atoms with Gasteiger partial charge in [0.25, 0.3) is 0 Å². The van der Waals surface area contributed by atoms with E-state index >= 15 is 0 Å². The number of hydrogen-bond donors (Lipinski definition) is 0. The molecule has 0 fully saturated rings. The fourth-order valence-electron chi connectivity index (χ4n) is 1.05. The summed E-state index contributed by atoms with van der Waals surface area (Å²) in [5, 5.41) is 8.71. The van der Waals surface area contributed by atoms with E-state index in [0.717, 1.165) is 12.0 Å². The van der Waals surface area contributed by atoms with Crippen molar-refractivity contribution in [2.24, 2.45) is 0 Å². The molecule has 0 heterocycles. The Morgan fingerprint density at radius 1 is 1.73 bits per heavy atom. The normalized spacial score (nSPS) is 30.4. The topological polar surface area (TPSA) is 23.8 Å². The van der Waals surface area contributed by atoms with E-state index in [2.05, 4.69) is 6.07 Å². The number of halogens is 1. The minimum Gasteiger partial charge on any atom is -0.193 e. The number of nitrogens with zero attached hydrogens (tertiary/aromatic N) is 1. The summed E-state index contributed by atoms with van der Waals surface area (Å²) in [6.45, 7) is 3.84. The SMILES string of the molecule is CC1=CCC(C)(Cl)C(C#N)=C1. The van der Waals surface area contributed by atoms with E-state index in [0.29, 0.717) is 5.57 Å². The van der Waals surface area contributed by atoms with Crippen LogP contribution in [0, 0.1) is 11.3 Å². The summed E-state index contributed by atoms with van der Waals surface area (Å²) in [5.74, 6) is 0. The van der Waals surface area contributed by atoms with Crippen LogP contribution in [0.3, 0.4) is 0 Å². The predicted octanol–water partition coefficient (Wildman–Crippen LogP) is 2.78. The standard InChI is InChI=1S/C9H10ClN/c1-7-3-4-9(2,10)8(5-7)6-11/h3,5H,4H2,1-2H3. The van der Waals surface area contributed by atoms with Crippen molar-refractivity contribution in [2.75, 3.05) is 0 Å². The molecule has 0 radical (unpaired) electrons. The van der Waals surface area contributed by atoms with Crippen LogP contribution in [0.1, 0.15) is 20.3 Å². The van der Waals surface area contributed by atoms with Gasteiger partial charge in [0.15, 0.2) is 0 Å². The van der Waals surface area contributed by atoms with Gasteiger partial charge in [-0.15, -0.1) is 11.6 Å². The van der Waals surface area contributed by atoms with Crippen molar-refractivity contribution in [3.8, 4) is 6.07 Å². The highest BCUT2D eigenvalue weighted by atomic mass is 35.5. The molecular weight excluding hydrogens is 158 g/mol. The summed E-state index contributed by atoms with van der Waals surface area (Å²) in [4.78, 5) is -0.478. The van der Waals surface area contributed by atoms with Crippen LogP contribution < -0.4 is 0 Å². The molecule has 0 aromatic heterocycles. The second-order valence-electron chi connectivity index (χ2n) is 3.02. The average molecular weight is 168 g/mol. The molecule has 0 aliphatic heterocycles. The van der Waals surface area contributed by atoms with Gasteiger partial charge in [-0.3, -0.25) is 0 Å². The van der Waals surface area contributed by atoms with Crippen molar-refractivity contribution in [2.45, 2.75) is 25.1 Å². The van der Waals surface area contributed by atoms with E-state index in [4.69, 9.17) is 16.9 Å². The van der Waals surface area contributed by atoms with Crippen LogP contribution in [-0.2, 0) is 0 Å². The Bertz CT molecular complexity index is 266. The minimum absolute atomic E-state index is 0.478. The molecule has 1 aliphatic carbocycles. The summed E-state index contributed by atoms with van der Waals surface area (Å²) in [7, 11) is 0. The molecule has 0 bridgehead atoms. The van der Waals surface area contributed by atoms with Crippen LogP contribution in [0.25, 0.3) is 0 Å². The molecular formula is C9H10ClN. The average Bonchev–Trinajstić information content (AvgIpc) is 1.94. The Labute approximate surface area is 72.0 Å². The number of hydrogen-bond acceptors (Lipinski definition) is 1. The molecule has 0 N–H and O–H groups in total. The number of alkyl halides is 1. The number of rotatable bonds is 0. The molecule has 0 saturated heterocycles. The maximum absolute atomic E-state index is 8.71. The molecule has 0 spiro atoms. The number of nitriles is 1. The van der Waals surface area contributed by atoms with Crippen molar-refractivity contribution < 1.29 is 0 Å². The lowest BCUT2D eigenvalue weighted by Gasteiger charge is -2.22. The predicted molar refractivity (Wildman–Crippen MR) is 46.3 cm³/mol. The van der Waals surface area contributed by atoms with Crippen LogP contribution >= 0.6 is 11.6 Å². The van der Waals surface area contributed by atoms with Crippen molar-refractivity contribution >= 4 is 11.6 Å². The fraction of sp³-hybridized carbons (Fsp3) is 0.444. The molecule has 2 heteroatoms. The van der Waals surface area contributed by atoms with E-state index in [-0.39, 0.29) is 0 Å². The quantitative estimate of drug-likeness (QED) is 0.509. The molecule has 1 atom stereocenters. The van der Waals surface area contributed by atoms with E-state index < -0.39 is 4.87 Å². The van der Waals surface area contributed by atoms with Crippen LogP contribution in [0.5, 0.6) is 0 Å². The van der Waals surface area contributed by atoms with Gasteiger partial charge in [-0.1, -0.05) is 11.6 Å². The van der Waals surface area contributed by atoms with Crippen LogP contribution in [-0.4, -0.2) is 4.87 Å². The van der Waals surface area contributed by atoms with Gasteiger partial charge in [-0.05, 0) is 26.3 Å². The zero-order valence-electron chi connectivity index (χ0n) is 6.69. The monoisotopic (exact) mass is 167 g/mol. The molecule has 1 nitrogen and oxygen atoms in total. The first-order valence-electron chi connectivity index (χ1n) is 3.54. The van der Waals surface area contributed by atoms with Crippen molar-refractivity contribution in [1.82, 2.24) is 0 Å². The lowest BCUT2D eigenvalue weighted by molar-refractivity contribution is 0.747. The Hall–Kier alpha value is -0.740. The van der Waals surface area contributed by atoms with Gasteiger partial charge in [-0.2, -0.15) is 5.26 Å². The highest BCUT2D eigenvalue weighted by Gasteiger charge is 2.27. The second-order valence-corrected chi connectivity index (χ2v) is 3.85. The van der Waals surface area contributed by atoms with Crippen molar-refractivity contribution in [1.29, 1.82) is 5.26 Å². The highest BCUT2D eigenvalue weighted by Crippen LogP contribution is 2.33. The third-order valence-corrected chi connectivity index (χ3v) is 2.22. The molecule has 1 unspecified atom stereocenters. The van der Waals surface area contributed by atoms with E-state index in [9.17, 15) is 0 Å². The molecule has 58 valence electrons. The molecule has 11 heavy (non-hydrogen) atoms. The van der Waals surface area contributed by atoms with Gasteiger partial charge in [0.05, 0.1) is 16.5 Å². The third kappa shape index (κ3) is 1.64. The fourth-order valence-corrected chi connectivity index (χ4v) is 1.22. The maximum Gasteiger partial charge on any atom is 0.0966 e. The lowest BCUT2D eigenvalue weighted by atomic mass is 9.90. The molecule has 1 rings (SSSR count). The third-order valence-electron chi connectivity index (χ3n) is 1.86. The van der Waals surface area contributed by atoms with E-state index in [1.807, 2.05) is 26.0 Å². The van der Waals surface area contributed by atoms with Crippen LogP contribution in [0.4, 0.5) is 0 Å². The van der Waals surface area contributed by atoms with E-state index in [1.54, 1.807) is 0 Å². The Morgan fingerprint density at radius 3 is 2.82 bits per heavy atom. The van der Waals surface area contributed by atoms with Gasteiger partial charge in [0.1, 0.15) is 0 Å². The van der Waals surface area contributed by atoms with Crippen molar-refractivity contribution in [3.05, 3.63) is 23.3 Å². The summed E-state index contributed by atoms with van der Waals surface area (Å²) < 4.78 is 0. The summed E-state index contributed by atoms with van der Waals surface area (Å²) in [5.41, 5.74) is 1.79. The smallest absolute Gasteiger partial charge is 0.0966 e. The van der Waals surface area contributed by atoms with Gasteiger partial charge in [0.2, 0.25) is 0 Å². The Morgan fingerprint density at radius 2 is 2.36 bits per heavy atom. The zero-order chi connectivity index (χ0) is 8.48. The second kappa shape index (κ2) is 2.71. The first-order valence-corrected chi connectivity index (χ1v) is 3.92. The van der Waals surface area contributed by atoms with Gasteiger partial charge >= 0.3 is 0 Å². The lowest BCUT2D eigenvalue weighted by Crippen LogP contribution is -2.20. The van der Waals surface area contributed by atoms with Crippen LogP contribution in [0.2, 0.25) is 0 Å². The first-order chi connectivity index (χ1) is 5.06. The zero-order valence-corrected chi connectivity index (χ0v) is 7.44. The summed E-state index contributed by atoms with van der Waals surface area (Å²) in [6, 6.07) is 2.11. The Kier molecular flexibility index (Phi) is 2.06. The molecule has 0 aromatic carbocycles. The molecule has 0 aromatic rings. The summed E-state index contributed by atoms with van der Waals surface area (Å²) >= 11 is 6.07. The van der Waals surface area contributed by atoms with Crippen molar-refractivity contribution in [3.63, 3.8) is 0 Å². The van der Waals surface area contributed by atoms with E-state index in [1.165, 1.54) is 0 Å². The number of allylic oxidation sites excluding steroid dienone is 4. The molecule has 1 aliphatic rings. The minimum atomic E-state index is -0.478. The van der Waals surface area contributed by atoms with Gasteiger partial charge < -0.3 is 0 Å². The highest BCUT2D eigenvalue weighted by molar-refractivity contribution is 6.26. The first kappa shape index (κ1) is 8.36. The Balaban J connectivity index is 3.01. The van der Waals surface area contributed by atoms with Gasteiger partial charge in [-0.25, -0.2) is 0 Å². The molecule has 0 saturated carbocycles. The summed E-state index contributed by atoms with van der Waals surface area (Å²) in [6.07, 6.45) is 4.64. The van der Waals surface area contributed by atoms with Crippen LogP contribution in [0.15, 0.2) is 23.3 Å². The maximum atomic E-state index is 8.71. The van der Waals surface area contributed by atoms with Gasteiger partial charge in [0, 0.05) is 0 Å². The largest absolute Gasteiger partial charge is 0.193 e.